The van der Waals surface area contributed by atoms with Gasteiger partial charge in [0.25, 0.3) is 0 Å². The molecule has 0 aliphatic heterocycles. The summed E-state index contributed by atoms with van der Waals surface area (Å²) in [5.41, 5.74) is 2.45. The first kappa shape index (κ1) is 8.11. The van der Waals surface area contributed by atoms with Crippen LogP contribution in [0.5, 0.6) is 0 Å². The van der Waals surface area contributed by atoms with Gasteiger partial charge in [0.15, 0.2) is 0 Å². The third-order valence-electron chi connectivity index (χ3n) is 1.61. The summed E-state index contributed by atoms with van der Waals surface area (Å²) in [6.45, 7) is 2.06. The largest absolute Gasteiger partial charge is 0.363 e. The van der Waals surface area contributed by atoms with Gasteiger partial charge in [-0.1, -0.05) is 6.07 Å². The summed E-state index contributed by atoms with van der Waals surface area (Å²) in [5, 5.41) is 0. The van der Waals surface area contributed by atoms with Crippen LogP contribution >= 0.6 is 0 Å². The van der Waals surface area contributed by atoms with Gasteiger partial charge in [-0.2, -0.15) is 0 Å². The highest BCUT2D eigenvalue weighted by Gasteiger charge is 1.99. The molecule has 58 valence electrons. The highest BCUT2D eigenvalue weighted by Crippen LogP contribution is 2.02. The van der Waals surface area contributed by atoms with Crippen LogP contribution in [0.25, 0.3) is 0 Å². The highest BCUT2D eigenvalue weighted by atomic mass is 15.1. The second kappa shape index (κ2) is 2.95. The van der Waals surface area contributed by atoms with E-state index in [2.05, 4.69) is 25.8 Å². The molecule has 1 heterocycles. The maximum Gasteiger partial charge on any atom is 0.144 e. The molecule has 0 aliphatic carbocycles. The Hall–Kier alpha value is -0.985. The van der Waals surface area contributed by atoms with E-state index in [4.69, 9.17) is 0 Å². The zero-order chi connectivity index (χ0) is 8.43. The van der Waals surface area contributed by atoms with Crippen molar-refractivity contribution in [2.45, 2.75) is 6.92 Å². The molecule has 2 nitrogen and oxygen atoms in total. The Labute approximate surface area is 68.7 Å². The van der Waals surface area contributed by atoms with Crippen LogP contribution in [0.15, 0.2) is 12.3 Å². The molecule has 0 bridgehead atoms. The molecule has 0 unspecified atom stereocenters. The summed E-state index contributed by atoms with van der Waals surface area (Å²) in [4.78, 5) is 6.33. The van der Waals surface area contributed by atoms with Crippen molar-refractivity contribution < 1.29 is 0 Å². The minimum absolute atomic E-state index is 1.05. The van der Waals surface area contributed by atoms with Gasteiger partial charge in [0.1, 0.15) is 13.7 Å². The van der Waals surface area contributed by atoms with Gasteiger partial charge in [-0.05, 0) is 17.9 Å². The molecule has 0 atom stereocenters. The quantitative estimate of drug-likeness (QED) is 0.509. The van der Waals surface area contributed by atoms with Crippen LogP contribution in [-0.2, 0) is 0 Å². The average molecular weight is 148 g/mol. The fraction of sp³-hybridized carbons (Fsp3) is 0.375. The molecule has 0 N–H and O–H groups in total. The number of pyridine rings is 1. The van der Waals surface area contributed by atoms with E-state index >= 15 is 0 Å². The number of aryl methyl sites for hydroxylation is 1. The van der Waals surface area contributed by atoms with Crippen LogP contribution in [0.1, 0.15) is 5.56 Å². The summed E-state index contributed by atoms with van der Waals surface area (Å²) in [6, 6.07) is 2.14. The molecule has 0 saturated carbocycles. The van der Waals surface area contributed by atoms with Gasteiger partial charge < -0.3 is 4.90 Å². The monoisotopic (exact) mass is 148 g/mol. The smallest absolute Gasteiger partial charge is 0.144 e. The topological polar surface area (TPSA) is 16.1 Å². The predicted octanol–water partition coefficient (Wildman–Crippen LogP) is -0.286. The first-order chi connectivity index (χ1) is 5.11. The van der Waals surface area contributed by atoms with E-state index in [1.165, 1.54) is 11.0 Å². The third-order valence-corrected chi connectivity index (χ3v) is 1.61. The number of hydrogen-bond donors (Lipinski definition) is 0. The Morgan fingerprint density at radius 3 is 2.55 bits per heavy atom. The molecule has 11 heavy (non-hydrogen) atoms. The van der Waals surface area contributed by atoms with Crippen molar-refractivity contribution in [2.75, 3.05) is 19.0 Å². The second-order valence-corrected chi connectivity index (χ2v) is 3.05. The average Bonchev–Trinajstić information content (AvgIpc) is 1.85. The van der Waals surface area contributed by atoms with E-state index in [0.29, 0.717) is 0 Å². The zero-order valence-corrected chi connectivity index (χ0v) is 7.55. The van der Waals surface area contributed by atoms with Crippen molar-refractivity contribution in [2.24, 2.45) is 0 Å². The molecule has 1 aromatic heterocycles. The number of rotatable bonds is 1. The molecule has 1 rings (SSSR count). The van der Waals surface area contributed by atoms with Gasteiger partial charge in [-0.25, -0.2) is 4.98 Å². The molecule has 3 heteroatoms. The number of hydrogen-bond acceptors (Lipinski definition) is 2. The van der Waals surface area contributed by atoms with Crippen LogP contribution in [-0.4, -0.2) is 26.9 Å². The molecule has 0 radical (unpaired) electrons. The number of nitrogens with zero attached hydrogens (tertiary/aromatic N) is 2. The molecule has 1 aromatic rings. The number of aromatic nitrogens is 1. The van der Waals surface area contributed by atoms with Crippen molar-refractivity contribution in [1.29, 1.82) is 0 Å². The van der Waals surface area contributed by atoms with Crippen molar-refractivity contribution in [3.05, 3.63) is 17.8 Å². The molecular weight excluding hydrogens is 135 g/mol. The Morgan fingerprint density at radius 2 is 2.09 bits per heavy atom. The molecule has 0 aliphatic rings. The SMILES string of the molecule is Bc1cc(C)cnc1N(C)C. The summed E-state index contributed by atoms with van der Waals surface area (Å²) < 4.78 is 0. The van der Waals surface area contributed by atoms with E-state index < -0.39 is 0 Å². The first-order valence-electron chi connectivity index (χ1n) is 3.72. The van der Waals surface area contributed by atoms with E-state index in [1.807, 2.05) is 25.2 Å². The molecule has 0 spiro atoms. The van der Waals surface area contributed by atoms with Gasteiger partial charge in [0, 0.05) is 20.3 Å². The van der Waals surface area contributed by atoms with Crippen molar-refractivity contribution in [3.8, 4) is 0 Å². The van der Waals surface area contributed by atoms with Crippen LogP contribution < -0.4 is 10.4 Å². The lowest BCUT2D eigenvalue weighted by molar-refractivity contribution is 1.07. The lowest BCUT2D eigenvalue weighted by Gasteiger charge is -2.14. The fourth-order valence-electron chi connectivity index (χ4n) is 1.18. The van der Waals surface area contributed by atoms with Gasteiger partial charge in [-0.3, -0.25) is 0 Å². The van der Waals surface area contributed by atoms with E-state index in [9.17, 15) is 0 Å². The molecule has 0 fully saturated rings. The van der Waals surface area contributed by atoms with Gasteiger partial charge in [0.05, 0.1) is 0 Å². The minimum Gasteiger partial charge on any atom is -0.363 e. The number of anilines is 1. The zero-order valence-electron chi connectivity index (χ0n) is 7.55. The van der Waals surface area contributed by atoms with Crippen molar-refractivity contribution in [1.82, 2.24) is 4.98 Å². The minimum atomic E-state index is 1.05. The second-order valence-electron chi connectivity index (χ2n) is 3.05. The Bertz CT molecular complexity index is 258. The highest BCUT2D eigenvalue weighted by molar-refractivity contribution is 6.35. The van der Waals surface area contributed by atoms with Crippen LogP contribution in [0.4, 0.5) is 5.82 Å². The standard InChI is InChI=1S/C8H13BN2/c1-6-4-7(9)8(10-5-6)11(2)3/h4-5H,9H2,1-3H3. The Kier molecular flexibility index (Phi) is 2.18. The van der Waals surface area contributed by atoms with Crippen molar-refractivity contribution >= 4 is 19.1 Å². The van der Waals surface area contributed by atoms with Crippen LogP contribution in [0.3, 0.4) is 0 Å². The molecule has 0 saturated heterocycles. The Morgan fingerprint density at radius 1 is 1.45 bits per heavy atom. The summed E-state index contributed by atoms with van der Waals surface area (Å²) in [6.07, 6.45) is 1.89. The van der Waals surface area contributed by atoms with Crippen LogP contribution in [0, 0.1) is 6.92 Å². The summed E-state index contributed by atoms with van der Waals surface area (Å²) in [7, 11) is 6.09. The van der Waals surface area contributed by atoms with Gasteiger partial charge in [-0.15, -0.1) is 0 Å². The van der Waals surface area contributed by atoms with Gasteiger partial charge in [0.2, 0.25) is 0 Å². The predicted molar refractivity (Wildman–Crippen MR) is 51.5 cm³/mol. The van der Waals surface area contributed by atoms with Crippen molar-refractivity contribution in [3.63, 3.8) is 0 Å². The maximum atomic E-state index is 4.30. The fourth-order valence-corrected chi connectivity index (χ4v) is 1.18. The summed E-state index contributed by atoms with van der Waals surface area (Å²) >= 11 is 0. The van der Waals surface area contributed by atoms with E-state index in [1.54, 1.807) is 0 Å². The third kappa shape index (κ3) is 1.73. The van der Waals surface area contributed by atoms with Crippen LogP contribution in [0.2, 0.25) is 0 Å². The summed E-state index contributed by atoms with van der Waals surface area (Å²) in [5.74, 6) is 1.05. The molecule has 0 amide bonds. The normalized spacial score (nSPS) is 9.73. The lowest BCUT2D eigenvalue weighted by Crippen LogP contribution is -2.21. The van der Waals surface area contributed by atoms with E-state index in [-0.39, 0.29) is 0 Å². The maximum absolute atomic E-state index is 4.30. The Balaban J connectivity index is 3.09. The van der Waals surface area contributed by atoms with Gasteiger partial charge >= 0.3 is 0 Å². The lowest BCUT2D eigenvalue weighted by atomic mass is 9.95. The molecular formula is C8H13BN2. The van der Waals surface area contributed by atoms with E-state index in [0.717, 1.165) is 5.82 Å². The first-order valence-corrected chi connectivity index (χ1v) is 3.72. The molecule has 0 aromatic carbocycles.